The summed E-state index contributed by atoms with van der Waals surface area (Å²) in [4.78, 5) is -0.711. The summed E-state index contributed by atoms with van der Waals surface area (Å²) >= 11 is 0. The SMILES string of the molecule is CCc1c(C)n(CC)c2cc(S(=O)(=O)C(F)(F)F)ccc12. The first-order valence-corrected chi connectivity index (χ1v) is 8.06. The van der Waals surface area contributed by atoms with Gasteiger partial charge in [-0.2, -0.15) is 13.2 Å². The van der Waals surface area contributed by atoms with Crippen LogP contribution in [0.1, 0.15) is 25.1 Å². The van der Waals surface area contributed by atoms with Crippen LogP contribution in [-0.4, -0.2) is 18.5 Å². The highest BCUT2D eigenvalue weighted by Gasteiger charge is 2.47. The average molecular weight is 319 g/mol. The second-order valence-corrected chi connectivity index (χ2v) is 6.73. The van der Waals surface area contributed by atoms with Crippen LogP contribution in [0.25, 0.3) is 10.9 Å². The van der Waals surface area contributed by atoms with Crippen LogP contribution in [-0.2, 0) is 22.8 Å². The molecule has 1 heterocycles. The third-order valence-electron chi connectivity index (χ3n) is 3.71. The van der Waals surface area contributed by atoms with Gasteiger partial charge in [0.05, 0.1) is 4.90 Å². The molecule has 116 valence electrons. The molecule has 21 heavy (non-hydrogen) atoms. The van der Waals surface area contributed by atoms with Gasteiger partial charge >= 0.3 is 5.51 Å². The maximum absolute atomic E-state index is 12.7. The van der Waals surface area contributed by atoms with Crippen molar-refractivity contribution in [2.45, 2.75) is 44.1 Å². The smallest absolute Gasteiger partial charge is 0.345 e. The lowest BCUT2D eigenvalue weighted by Gasteiger charge is -2.09. The number of benzene rings is 1. The molecule has 0 saturated carbocycles. The van der Waals surface area contributed by atoms with Gasteiger partial charge in [-0.05, 0) is 38.0 Å². The van der Waals surface area contributed by atoms with Crippen molar-refractivity contribution < 1.29 is 21.6 Å². The first-order valence-electron chi connectivity index (χ1n) is 6.58. The Hall–Kier alpha value is -1.50. The molecule has 0 spiro atoms. The van der Waals surface area contributed by atoms with Crippen LogP contribution in [0, 0.1) is 6.92 Å². The Balaban J connectivity index is 2.79. The summed E-state index contributed by atoms with van der Waals surface area (Å²) in [6.07, 6.45) is 0.737. The molecule has 0 unspecified atom stereocenters. The van der Waals surface area contributed by atoms with E-state index in [1.807, 2.05) is 25.3 Å². The lowest BCUT2D eigenvalue weighted by Crippen LogP contribution is -2.23. The van der Waals surface area contributed by atoms with E-state index in [9.17, 15) is 21.6 Å². The van der Waals surface area contributed by atoms with Crippen LogP contribution in [0.5, 0.6) is 0 Å². The molecule has 0 radical (unpaired) electrons. The number of hydrogen-bond acceptors (Lipinski definition) is 2. The van der Waals surface area contributed by atoms with Crippen molar-refractivity contribution >= 4 is 20.7 Å². The monoisotopic (exact) mass is 319 g/mol. The predicted octanol–water partition coefficient (Wildman–Crippen LogP) is 3.83. The van der Waals surface area contributed by atoms with Crippen LogP contribution in [0.2, 0.25) is 0 Å². The summed E-state index contributed by atoms with van der Waals surface area (Å²) in [5, 5.41) is 0.804. The first-order chi connectivity index (χ1) is 9.65. The zero-order valence-corrected chi connectivity index (χ0v) is 12.8. The lowest BCUT2D eigenvalue weighted by molar-refractivity contribution is -0.0435. The van der Waals surface area contributed by atoms with Crippen molar-refractivity contribution in [3.8, 4) is 0 Å². The van der Waals surface area contributed by atoms with Crippen molar-refractivity contribution in [3.05, 3.63) is 29.5 Å². The Morgan fingerprint density at radius 1 is 1.19 bits per heavy atom. The molecule has 1 aromatic heterocycles. The maximum Gasteiger partial charge on any atom is 0.501 e. The Kier molecular flexibility index (Phi) is 3.82. The molecular weight excluding hydrogens is 303 g/mol. The van der Waals surface area contributed by atoms with Gasteiger partial charge in [-0.15, -0.1) is 0 Å². The number of sulfone groups is 1. The van der Waals surface area contributed by atoms with Gasteiger partial charge in [0.1, 0.15) is 0 Å². The minimum Gasteiger partial charge on any atom is -0.345 e. The Morgan fingerprint density at radius 2 is 1.81 bits per heavy atom. The van der Waals surface area contributed by atoms with E-state index in [-0.39, 0.29) is 0 Å². The third kappa shape index (κ3) is 2.33. The first kappa shape index (κ1) is 15.9. The normalized spacial score (nSPS) is 13.0. The Bertz CT molecular complexity index is 789. The van der Waals surface area contributed by atoms with Crippen molar-refractivity contribution in [1.82, 2.24) is 4.57 Å². The van der Waals surface area contributed by atoms with Crippen molar-refractivity contribution in [2.75, 3.05) is 0 Å². The average Bonchev–Trinajstić information content (AvgIpc) is 2.67. The topological polar surface area (TPSA) is 39.1 Å². The van der Waals surface area contributed by atoms with Crippen molar-refractivity contribution in [3.63, 3.8) is 0 Å². The summed E-state index contributed by atoms with van der Waals surface area (Å²) < 4.78 is 62.9. The third-order valence-corrected chi connectivity index (χ3v) is 5.20. The van der Waals surface area contributed by atoms with Crippen molar-refractivity contribution in [1.29, 1.82) is 0 Å². The number of hydrogen-bond donors (Lipinski definition) is 0. The van der Waals surface area contributed by atoms with Gasteiger partial charge in [-0.25, -0.2) is 8.42 Å². The summed E-state index contributed by atoms with van der Waals surface area (Å²) in [6, 6.07) is 3.61. The molecule has 0 atom stereocenters. The van der Waals surface area contributed by atoms with Gasteiger partial charge in [-0.1, -0.05) is 13.0 Å². The van der Waals surface area contributed by atoms with E-state index in [4.69, 9.17) is 0 Å². The molecule has 2 rings (SSSR count). The van der Waals surface area contributed by atoms with Gasteiger partial charge in [0, 0.05) is 23.1 Å². The van der Waals surface area contributed by atoms with Gasteiger partial charge in [0.25, 0.3) is 9.84 Å². The quantitative estimate of drug-likeness (QED) is 0.862. The van der Waals surface area contributed by atoms with Gasteiger partial charge in [0.15, 0.2) is 0 Å². The molecule has 0 aliphatic carbocycles. The molecule has 7 heteroatoms. The zero-order valence-electron chi connectivity index (χ0n) is 12.0. The van der Waals surface area contributed by atoms with E-state index >= 15 is 0 Å². The highest BCUT2D eigenvalue weighted by Crippen LogP contribution is 2.34. The fourth-order valence-corrected chi connectivity index (χ4v) is 3.46. The molecule has 3 nitrogen and oxygen atoms in total. The molecule has 0 N–H and O–H groups in total. The van der Waals surface area contributed by atoms with Crippen LogP contribution < -0.4 is 0 Å². The molecular formula is C14H16F3NO2S. The number of rotatable bonds is 3. The number of alkyl halides is 3. The van der Waals surface area contributed by atoms with E-state index in [0.29, 0.717) is 12.1 Å². The molecule has 1 aromatic carbocycles. The van der Waals surface area contributed by atoms with Crippen LogP contribution in [0.3, 0.4) is 0 Å². The van der Waals surface area contributed by atoms with E-state index in [1.54, 1.807) is 0 Å². The largest absolute Gasteiger partial charge is 0.501 e. The van der Waals surface area contributed by atoms with Crippen molar-refractivity contribution in [2.24, 2.45) is 0 Å². The highest BCUT2D eigenvalue weighted by atomic mass is 32.2. The second-order valence-electron chi connectivity index (χ2n) is 4.79. The Labute approximate surface area is 121 Å². The molecule has 0 amide bonds. The standard InChI is InChI=1S/C14H16F3NO2S/c1-4-11-9(3)18(5-2)13-8-10(6-7-12(11)13)21(19,20)14(15,16)17/h6-8H,4-5H2,1-3H3. The van der Waals surface area contributed by atoms with Gasteiger partial charge < -0.3 is 4.57 Å². The highest BCUT2D eigenvalue weighted by molar-refractivity contribution is 7.92. The molecule has 0 fully saturated rings. The second kappa shape index (κ2) is 5.05. The predicted molar refractivity (Wildman–Crippen MR) is 75.0 cm³/mol. The molecule has 0 aliphatic heterocycles. The van der Waals surface area contributed by atoms with E-state index in [2.05, 4.69) is 0 Å². The fourth-order valence-electron chi connectivity index (χ4n) is 2.68. The summed E-state index contributed by atoms with van der Waals surface area (Å²) in [5.41, 5.74) is -2.77. The number of aryl methyl sites for hydroxylation is 2. The maximum atomic E-state index is 12.7. The Morgan fingerprint density at radius 3 is 2.29 bits per heavy atom. The van der Waals surface area contributed by atoms with E-state index in [1.165, 1.54) is 6.07 Å². The molecule has 0 aliphatic rings. The zero-order chi connectivity index (χ0) is 16.0. The van der Waals surface area contributed by atoms with Crippen LogP contribution >= 0.6 is 0 Å². The van der Waals surface area contributed by atoms with Crippen LogP contribution in [0.15, 0.2) is 23.1 Å². The molecule has 2 aromatic rings. The van der Waals surface area contributed by atoms with Crippen LogP contribution in [0.4, 0.5) is 13.2 Å². The minimum absolute atomic E-state index is 0.525. The number of fused-ring (bicyclic) bond motifs is 1. The van der Waals surface area contributed by atoms with E-state index in [0.717, 1.165) is 35.2 Å². The number of nitrogens with zero attached hydrogens (tertiary/aromatic N) is 1. The minimum atomic E-state index is -5.32. The summed E-state index contributed by atoms with van der Waals surface area (Å²) in [5.74, 6) is 0. The van der Waals surface area contributed by atoms with Gasteiger partial charge in [-0.3, -0.25) is 0 Å². The number of halogens is 3. The summed E-state index contributed by atoms with van der Waals surface area (Å²) in [6.45, 7) is 6.29. The lowest BCUT2D eigenvalue weighted by atomic mass is 10.1. The molecule has 0 saturated heterocycles. The fraction of sp³-hybridized carbons (Fsp3) is 0.429. The number of aromatic nitrogens is 1. The van der Waals surface area contributed by atoms with Gasteiger partial charge in [0.2, 0.25) is 0 Å². The van der Waals surface area contributed by atoms with E-state index < -0.39 is 20.2 Å². The molecule has 0 bridgehead atoms. The summed E-state index contributed by atoms with van der Waals surface area (Å²) in [7, 11) is -5.32.